The minimum Gasteiger partial charge on any atom is -0.448 e. The zero-order valence-electron chi connectivity index (χ0n) is 16.3. The van der Waals surface area contributed by atoms with E-state index in [4.69, 9.17) is 4.74 Å². The summed E-state index contributed by atoms with van der Waals surface area (Å²) in [6.45, 7) is 3.00. The second-order valence-corrected chi connectivity index (χ2v) is 8.72. The molecule has 0 fully saturated rings. The van der Waals surface area contributed by atoms with Crippen LogP contribution in [-0.2, 0) is 22.1 Å². The van der Waals surface area contributed by atoms with Gasteiger partial charge in [0.25, 0.3) is 0 Å². The number of imidazole rings is 1. The number of nitrogens with one attached hydrogen (secondary N) is 1. The van der Waals surface area contributed by atoms with Crippen molar-refractivity contribution in [3.05, 3.63) is 72.1 Å². The first-order valence-electron chi connectivity index (χ1n) is 9.09. The number of carbonyl (C=O) groups excluding carboxylic acids is 1. The number of rotatable bonds is 8. The van der Waals surface area contributed by atoms with Gasteiger partial charge in [-0.1, -0.05) is 30.3 Å². The van der Waals surface area contributed by atoms with Gasteiger partial charge >= 0.3 is 6.09 Å². The summed E-state index contributed by atoms with van der Waals surface area (Å²) in [5, 5.41) is 3.27. The van der Waals surface area contributed by atoms with Gasteiger partial charge in [-0.15, -0.1) is 11.8 Å². The van der Waals surface area contributed by atoms with Gasteiger partial charge in [-0.05, 0) is 36.2 Å². The molecule has 152 valence electrons. The smallest absolute Gasteiger partial charge is 0.411 e. The van der Waals surface area contributed by atoms with Gasteiger partial charge in [0.2, 0.25) is 0 Å². The molecule has 1 aromatic heterocycles. The van der Waals surface area contributed by atoms with Crippen LogP contribution in [0.4, 0.5) is 10.5 Å². The van der Waals surface area contributed by atoms with Crippen LogP contribution >= 0.6 is 11.8 Å². The highest BCUT2D eigenvalue weighted by molar-refractivity contribution is 7.99. The first kappa shape index (κ1) is 21.1. The van der Waals surface area contributed by atoms with Crippen LogP contribution in [0.1, 0.15) is 11.1 Å². The Hall–Kier alpha value is -2.58. The summed E-state index contributed by atoms with van der Waals surface area (Å²) >= 11 is 1.64. The summed E-state index contributed by atoms with van der Waals surface area (Å²) in [6, 6.07) is 15.3. The number of carbonyl (C=O) groups is 1. The van der Waals surface area contributed by atoms with Gasteiger partial charge in [0.1, 0.15) is 6.61 Å². The fourth-order valence-corrected chi connectivity index (χ4v) is 4.38. The van der Waals surface area contributed by atoms with Crippen LogP contribution in [0, 0.1) is 6.92 Å². The third kappa shape index (κ3) is 5.95. The van der Waals surface area contributed by atoms with Gasteiger partial charge in [0.05, 0.1) is 10.8 Å². The Morgan fingerprint density at radius 3 is 2.76 bits per heavy atom. The maximum absolute atomic E-state index is 11.8. The van der Waals surface area contributed by atoms with Crippen molar-refractivity contribution in [3.63, 3.8) is 0 Å². The highest BCUT2D eigenvalue weighted by Gasteiger charge is 2.10. The predicted octanol–water partition coefficient (Wildman–Crippen LogP) is 4.32. The van der Waals surface area contributed by atoms with Crippen LogP contribution in [0.25, 0.3) is 0 Å². The monoisotopic (exact) mass is 429 g/mol. The van der Waals surface area contributed by atoms with E-state index in [0.29, 0.717) is 29.7 Å². The number of anilines is 1. The third-order valence-corrected chi connectivity index (χ3v) is 6.24. The molecule has 1 unspecified atom stereocenters. The van der Waals surface area contributed by atoms with Gasteiger partial charge in [0, 0.05) is 41.5 Å². The van der Waals surface area contributed by atoms with Gasteiger partial charge in [-0.3, -0.25) is 9.53 Å². The van der Waals surface area contributed by atoms with E-state index < -0.39 is 16.9 Å². The zero-order chi connectivity index (χ0) is 20.6. The number of para-hydroxylation sites is 1. The largest absolute Gasteiger partial charge is 0.448 e. The first-order valence-corrected chi connectivity index (χ1v) is 11.6. The van der Waals surface area contributed by atoms with Gasteiger partial charge in [-0.2, -0.15) is 0 Å². The summed E-state index contributed by atoms with van der Waals surface area (Å²) in [5.41, 5.74) is 3.01. The minimum absolute atomic E-state index is 0.313. The average Bonchev–Trinajstić information content (AvgIpc) is 3.17. The van der Waals surface area contributed by atoms with Crippen molar-refractivity contribution in [1.29, 1.82) is 0 Å². The Morgan fingerprint density at radius 2 is 2.00 bits per heavy atom. The number of ether oxygens (including phenoxy) is 1. The van der Waals surface area contributed by atoms with Crippen LogP contribution in [0.2, 0.25) is 0 Å². The van der Waals surface area contributed by atoms with Crippen molar-refractivity contribution >= 4 is 34.3 Å². The molecule has 1 atom stereocenters. The fraction of sp³-hybridized carbons (Fsp3) is 0.238. The lowest BCUT2D eigenvalue weighted by molar-refractivity contribution is 0.169. The van der Waals surface area contributed by atoms with Crippen molar-refractivity contribution in [2.75, 3.05) is 23.9 Å². The molecular weight excluding hydrogens is 406 g/mol. The molecule has 0 aliphatic rings. The van der Waals surface area contributed by atoms with E-state index in [2.05, 4.69) is 29.4 Å². The van der Waals surface area contributed by atoms with E-state index in [1.54, 1.807) is 24.2 Å². The molecule has 3 rings (SSSR count). The Balaban J connectivity index is 1.52. The van der Waals surface area contributed by atoms with Gasteiger partial charge in [-0.25, -0.2) is 9.78 Å². The number of thioether (sulfide) groups is 1. The van der Waals surface area contributed by atoms with E-state index in [9.17, 15) is 9.00 Å². The zero-order valence-corrected chi connectivity index (χ0v) is 18.0. The number of aromatic nitrogens is 2. The molecule has 3 aromatic rings. The normalized spacial score (nSPS) is 11.8. The molecule has 0 saturated carbocycles. The molecule has 0 bridgehead atoms. The van der Waals surface area contributed by atoms with Gasteiger partial charge < -0.3 is 9.30 Å². The summed E-state index contributed by atoms with van der Waals surface area (Å²) in [7, 11) is -1.13. The molecular formula is C21H23N3O3S2. The molecule has 0 spiro atoms. The molecule has 8 heteroatoms. The second kappa shape index (κ2) is 10.3. The summed E-state index contributed by atoms with van der Waals surface area (Å²) in [6.07, 6.45) is 4.69. The maximum atomic E-state index is 11.8. The van der Waals surface area contributed by atoms with Gasteiger partial charge in [0.15, 0.2) is 5.16 Å². The van der Waals surface area contributed by atoms with E-state index in [-0.39, 0.29) is 0 Å². The molecule has 6 nitrogen and oxygen atoms in total. The molecule has 0 saturated heterocycles. The number of nitrogens with zero attached hydrogens (tertiary/aromatic N) is 2. The summed E-state index contributed by atoms with van der Waals surface area (Å²) in [5.74, 6) is 0.655. The summed E-state index contributed by atoms with van der Waals surface area (Å²) in [4.78, 5) is 17.1. The predicted molar refractivity (Wildman–Crippen MR) is 117 cm³/mol. The molecule has 0 aliphatic heterocycles. The number of benzene rings is 2. The lowest BCUT2D eigenvalue weighted by Crippen LogP contribution is -2.15. The molecule has 0 aliphatic carbocycles. The summed E-state index contributed by atoms with van der Waals surface area (Å²) < 4.78 is 18.9. The van der Waals surface area contributed by atoms with Crippen molar-refractivity contribution in [2.45, 2.75) is 23.5 Å². The van der Waals surface area contributed by atoms with E-state index >= 15 is 0 Å². The van der Waals surface area contributed by atoms with E-state index in [1.165, 1.54) is 0 Å². The second-order valence-electron chi connectivity index (χ2n) is 6.31. The minimum atomic E-state index is -1.13. The van der Waals surface area contributed by atoms with Crippen LogP contribution in [0.15, 0.2) is 71.0 Å². The Labute approximate surface area is 177 Å². The highest BCUT2D eigenvalue weighted by atomic mass is 32.2. The third-order valence-electron chi connectivity index (χ3n) is 4.27. The van der Waals surface area contributed by atoms with Crippen LogP contribution in [0.3, 0.4) is 0 Å². The quantitative estimate of drug-likeness (QED) is 0.426. The average molecular weight is 430 g/mol. The van der Waals surface area contributed by atoms with Crippen molar-refractivity contribution in [2.24, 2.45) is 0 Å². The van der Waals surface area contributed by atoms with E-state index in [0.717, 1.165) is 16.0 Å². The lowest BCUT2D eigenvalue weighted by Gasteiger charge is -2.13. The van der Waals surface area contributed by atoms with Crippen LogP contribution in [0.5, 0.6) is 0 Å². The first-order chi connectivity index (χ1) is 14.0. The molecule has 1 amide bonds. The molecule has 1 N–H and O–H groups in total. The lowest BCUT2D eigenvalue weighted by atomic mass is 10.1. The van der Waals surface area contributed by atoms with Crippen molar-refractivity contribution < 1.29 is 13.7 Å². The number of hydrogen-bond acceptors (Lipinski definition) is 5. The number of amides is 1. The van der Waals surface area contributed by atoms with Crippen LogP contribution < -0.4 is 5.32 Å². The molecule has 29 heavy (non-hydrogen) atoms. The fourth-order valence-electron chi connectivity index (χ4n) is 2.81. The Bertz CT molecular complexity index is 990. The molecule has 2 aromatic carbocycles. The Morgan fingerprint density at radius 1 is 1.21 bits per heavy atom. The SMILES string of the molecule is Cc1c(Cn2ccnc2S(C)=O)cccc1SCCOC(=O)Nc1ccccc1. The molecule has 0 radical (unpaired) electrons. The van der Waals surface area contributed by atoms with Crippen LogP contribution in [-0.4, -0.2) is 38.5 Å². The standard InChI is InChI=1S/C21H23N3O3S2/c1-16-17(15-24-12-11-22-20(24)29(2)26)7-6-10-19(16)28-14-13-27-21(25)23-18-8-4-3-5-9-18/h3-12H,13-15H2,1-2H3,(H,23,25). The highest BCUT2D eigenvalue weighted by Crippen LogP contribution is 2.25. The Kier molecular flexibility index (Phi) is 7.48. The van der Waals surface area contributed by atoms with Crippen molar-refractivity contribution in [1.82, 2.24) is 9.55 Å². The van der Waals surface area contributed by atoms with E-state index in [1.807, 2.05) is 47.2 Å². The topological polar surface area (TPSA) is 73.2 Å². The number of hydrogen-bond donors (Lipinski definition) is 1. The molecule has 1 heterocycles. The maximum Gasteiger partial charge on any atom is 0.411 e. The van der Waals surface area contributed by atoms with Crippen molar-refractivity contribution in [3.8, 4) is 0 Å².